The van der Waals surface area contributed by atoms with Gasteiger partial charge in [0.05, 0.1) is 12.7 Å². The standard InChI is InChI=1S/C30H31N3O2.C14H22N2/c1-5-8-12-23(21(4)7-3)29-32-20-26(30(34)33(29)17-9-6-2)31-19-22-15-16-28-25(18-22)24-13-10-11-14-27(24)35-28;1-5-12(3)14-6-7-16-10-13(14)8-11(2)9-15-4/h5,8-16,18,20-21,31H,2,7,17,19H2,1,3-4H3;6-8,10,12,15H,5,9H2,1-4H3/b8-5-,23-12+;11-8+. The Balaban J connectivity index is 0.000000306. The van der Waals surface area contributed by atoms with Crippen molar-refractivity contribution in [1.29, 1.82) is 0 Å². The zero-order chi connectivity index (χ0) is 36.8. The molecule has 2 aromatic carbocycles. The van der Waals surface area contributed by atoms with Crippen molar-refractivity contribution in [3.05, 3.63) is 142 Å². The number of nitrogens with zero attached hydrogens (tertiary/aromatic N) is 3. The van der Waals surface area contributed by atoms with E-state index >= 15 is 0 Å². The second-order valence-corrected chi connectivity index (χ2v) is 12.9. The molecule has 0 aliphatic carbocycles. The molecule has 3 aromatic heterocycles. The molecule has 3 heterocycles. The second-order valence-electron chi connectivity index (χ2n) is 12.9. The summed E-state index contributed by atoms with van der Waals surface area (Å²) in [5, 5.41) is 8.60. The summed E-state index contributed by atoms with van der Waals surface area (Å²) in [4.78, 5) is 22.4. The maximum atomic E-state index is 13.5. The first kappa shape index (κ1) is 38.6. The van der Waals surface area contributed by atoms with Crippen molar-refractivity contribution in [2.75, 3.05) is 18.9 Å². The van der Waals surface area contributed by atoms with Gasteiger partial charge >= 0.3 is 0 Å². The van der Waals surface area contributed by atoms with E-state index in [1.807, 2.05) is 74.9 Å². The predicted molar refractivity (Wildman–Crippen MR) is 216 cm³/mol. The third-order valence-corrected chi connectivity index (χ3v) is 9.15. The molecule has 0 amide bonds. The van der Waals surface area contributed by atoms with Crippen LogP contribution in [0, 0.1) is 5.92 Å². The molecule has 0 saturated heterocycles. The van der Waals surface area contributed by atoms with Crippen LogP contribution in [0.1, 0.15) is 82.8 Å². The van der Waals surface area contributed by atoms with E-state index in [9.17, 15) is 4.79 Å². The molecule has 0 spiro atoms. The monoisotopic (exact) mass is 683 g/mol. The van der Waals surface area contributed by atoms with Gasteiger partial charge in [0.1, 0.15) is 22.7 Å². The second kappa shape index (κ2) is 19.2. The number of hydrogen-bond acceptors (Lipinski definition) is 6. The lowest BCUT2D eigenvalue weighted by Gasteiger charge is -2.19. The molecule has 0 aliphatic rings. The van der Waals surface area contributed by atoms with Crippen molar-refractivity contribution in [2.45, 2.75) is 73.4 Å². The summed E-state index contributed by atoms with van der Waals surface area (Å²) in [5.41, 5.74) is 10.9. The molecule has 0 bridgehead atoms. The molecule has 0 saturated carbocycles. The van der Waals surface area contributed by atoms with Crippen LogP contribution in [0.5, 0.6) is 0 Å². The Morgan fingerprint density at radius 3 is 2.57 bits per heavy atom. The largest absolute Gasteiger partial charge is 0.456 e. The van der Waals surface area contributed by atoms with Crippen molar-refractivity contribution < 1.29 is 4.42 Å². The number of aromatic nitrogens is 3. The van der Waals surface area contributed by atoms with Gasteiger partial charge in [-0.2, -0.15) is 0 Å². The summed E-state index contributed by atoms with van der Waals surface area (Å²) < 4.78 is 7.62. The summed E-state index contributed by atoms with van der Waals surface area (Å²) in [6, 6.07) is 16.2. The lowest BCUT2D eigenvalue weighted by atomic mass is 9.94. The van der Waals surface area contributed by atoms with Crippen LogP contribution in [0.25, 0.3) is 33.6 Å². The zero-order valence-electron chi connectivity index (χ0n) is 31.3. The van der Waals surface area contributed by atoms with Gasteiger partial charge in [-0.25, -0.2) is 4.98 Å². The molecule has 5 rings (SSSR count). The highest BCUT2D eigenvalue weighted by atomic mass is 16.3. The smallest absolute Gasteiger partial charge is 0.277 e. The number of para-hydroxylation sites is 1. The highest BCUT2D eigenvalue weighted by Gasteiger charge is 2.17. The molecule has 0 fully saturated rings. The molecule has 5 aromatic rings. The summed E-state index contributed by atoms with van der Waals surface area (Å²) in [6.45, 7) is 18.3. The van der Waals surface area contributed by atoms with E-state index < -0.39 is 0 Å². The molecular formula is C44H53N5O2. The van der Waals surface area contributed by atoms with Gasteiger partial charge in [-0.05, 0) is 98.2 Å². The minimum Gasteiger partial charge on any atom is -0.456 e. The Morgan fingerprint density at radius 2 is 1.84 bits per heavy atom. The Labute approximate surface area is 303 Å². The van der Waals surface area contributed by atoms with E-state index in [2.05, 4.69) is 86.8 Å². The molecule has 0 aliphatic heterocycles. The number of furan rings is 1. The van der Waals surface area contributed by atoms with E-state index in [0.717, 1.165) is 52.5 Å². The van der Waals surface area contributed by atoms with Crippen LogP contribution in [0.2, 0.25) is 0 Å². The number of hydrogen-bond donors (Lipinski definition) is 2. The number of likely N-dealkylation sites (N-methyl/N-ethyl adjacent to an activating group) is 1. The predicted octanol–water partition coefficient (Wildman–Crippen LogP) is 10.3. The Morgan fingerprint density at radius 1 is 1.06 bits per heavy atom. The number of anilines is 1. The summed E-state index contributed by atoms with van der Waals surface area (Å²) >= 11 is 0. The van der Waals surface area contributed by atoms with Crippen molar-refractivity contribution >= 4 is 39.3 Å². The van der Waals surface area contributed by atoms with Crippen molar-refractivity contribution in [2.24, 2.45) is 5.92 Å². The van der Waals surface area contributed by atoms with Gasteiger partial charge in [0, 0.05) is 36.3 Å². The molecule has 2 atom stereocenters. The van der Waals surface area contributed by atoms with Crippen LogP contribution < -0.4 is 16.2 Å². The molecule has 7 heteroatoms. The SMILES string of the molecule is C=C=CCn1c(/C(=C/C=C\C)C(C)CC)ncc(NCc2ccc3oc4ccccc4c3c2)c1=O.CCC(C)c1ccncc1/C=C(\C)CNC. The first-order valence-electron chi connectivity index (χ1n) is 17.9. The number of nitrogens with one attached hydrogen (secondary N) is 2. The quantitative estimate of drug-likeness (QED) is 0.0895. The van der Waals surface area contributed by atoms with Crippen LogP contribution in [-0.2, 0) is 13.1 Å². The molecular weight excluding hydrogens is 631 g/mol. The van der Waals surface area contributed by atoms with Crippen LogP contribution in [0.15, 0.2) is 119 Å². The lowest BCUT2D eigenvalue weighted by molar-refractivity contribution is 0.669. The molecule has 0 radical (unpaired) electrons. The lowest BCUT2D eigenvalue weighted by Crippen LogP contribution is -2.27. The number of benzene rings is 2. The maximum absolute atomic E-state index is 13.5. The third kappa shape index (κ3) is 9.94. The number of allylic oxidation sites excluding steroid dienone is 5. The molecule has 2 N–H and O–H groups in total. The van der Waals surface area contributed by atoms with E-state index in [1.54, 1.807) is 16.8 Å². The summed E-state index contributed by atoms with van der Waals surface area (Å²) in [6.07, 6.45) is 17.6. The fourth-order valence-corrected chi connectivity index (χ4v) is 5.93. The summed E-state index contributed by atoms with van der Waals surface area (Å²) in [5.74, 6) is 1.52. The molecule has 2 unspecified atom stereocenters. The zero-order valence-corrected chi connectivity index (χ0v) is 31.3. The topological polar surface area (TPSA) is 85.0 Å². The van der Waals surface area contributed by atoms with Crippen LogP contribution in [-0.4, -0.2) is 28.1 Å². The van der Waals surface area contributed by atoms with E-state index in [0.29, 0.717) is 30.5 Å². The van der Waals surface area contributed by atoms with Gasteiger partial charge < -0.3 is 15.1 Å². The highest BCUT2D eigenvalue weighted by molar-refractivity contribution is 6.05. The first-order valence-corrected chi connectivity index (χ1v) is 17.9. The normalized spacial score (nSPS) is 13.2. The minimum atomic E-state index is -0.119. The number of rotatable bonds is 14. The first-order chi connectivity index (χ1) is 24.8. The van der Waals surface area contributed by atoms with Gasteiger partial charge in [-0.15, -0.1) is 5.73 Å². The Kier molecular flexibility index (Phi) is 14.5. The van der Waals surface area contributed by atoms with Crippen LogP contribution in [0.4, 0.5) is 5.69 Å². The Bertz CT molecular complexity index is 2110. The van der Waals surface area contributed by atoms with Gasteiger partial charge in [0.15, 0.2) is 0 Å². The fraction of sp³-hybridized carbons (Fsp3) is 0.318. The average Bonchev–Trinajstić information content (AvgIpc) is 3.52. The van der Waals surface area contributed by atoms with Crippen LogP contribution in [0.3, 0.4) is 0 Å². The van der Waals surface area contributed by atoms with E-state index in [4.69, 9.17) is 9.40 Å². The van der Waals surface area contributed by atoms with E-state index in [1.165, 1.54) is 16.7 Å². The van der Waals surface area contributed by atoms with Crippen molar-refractivity contribution in [1.82, 2.24) is 19.9 Å². The van der Waals surface area contributed by atoms with Gasteiger partial charge in [0.2, 0.25) is 0 Å². The van der Waals surface area contributed by atoms with Crippen molar-refractivity contribution in [3.63, 3.8) is 0 Å². The third-order valence-electron chi connectivity index (χ3n) is 9.15. The maximum Gasteiger partial charge on any atom is 0.277 e. The molecule has 266 valence electrons. The number of pyridine rings is 1. The van der Waals surface area contributed by atoms with Crippen LogP contribution >= 0.6 is 0 Å². The molecule has 51 heavy (non-hydrogen) atoms. The van der Waals surface area contributed by atoms with Crippen molar-refractivity contribution in [3.8, 4) is 0 Å². The van der Waals surface area contributed by atoms with Gasteiger partial charge in [-0.3, -0.25) is 14.3 Å². The average molecular weight is 684 g/mol. The molecule has 7 nitrogen and oxygen atoms in total. The Hall–Kier alpha value is -5.23. The van der Waals surface area contributed by atoms with Gasteiger partial charge in [-0.1, -0.05) is 88.4 Å². The summed E-state index contributed by atoms with van der Waals surface area (Å²) in [7, 11) is 1.97. The fourth-order valence-electron chi connectivity index (χ4n) is 5.93. The minimum absolute atomic E-state index is 0.119. The highest BCUT2D eigenvalue weighted by Crippen LogP contribution is 2.30. The number of fused-ring (bicyclic) bond motifs is 3. The van der Waals surface area contributed by atoms with Gasteiger partial charge in [0.25, 0.3) is 5.56 Å². The van der Waals surface area contributed by atoms with E-state index in [-0.39, 0.29) is 11.5 Å².